The third-order valence-corrected chi connectivity index (χ3v) is 3.91. The summed E-state index contributed by atoms with van der Waals surface area (Å²) in [7, 11) is 0. The van der Waals surface area contributed by atoms with Crippen LogP contribution in [0.2, 0.25) is 0 Å². The highest BCUT2D eigenvalue weighted by Crippen LogP contribution is 2.18. The number of carboxylic acids is 1. The minimum atomic E-state index is -0.975. The molecule has 3 aromatic rings. The van der Waals surface area contributed by atoms with Gasteiger partial charge in [-0.1, -0.05) is 47.2 Å². The topological polar surface area (TPSA) is 97.1 Å². The second-order valence-electron chi connectivity index (χ2n) is 5.86. The van der Waals surface area contributed by atoms with Crippen molar-refractivity contribution in [1.82, 2.24) is 20.3 Å². The normalized spacial score (nSPS) is 12.0. The lowest BCUT2D eigenvalue weighted by atomic mass is 10.0. The molecular weight excluding hydrogens is 320 g/mol. The first-order valence-electron chi connectivity index (χ1n) is 7.89. The minimum absolute atomic E-state index is 0.0253. The molecule has 2 aromatic carbocycles. The molecule has 0 saturated heterocycles. The predicted octanol–water partition coefficient (Wildman–Crippen LogP) is 2.07. The van der Waals surface area contributed by atoms with Crippen LogP contribution in [0.1, 0.15) is 23.6 Å². The predicted molar refractivity (Wildman–Crippen MR) is 91.8 cm³/mol. The Labute approximate surface area is 144 Å². The van der Waals surface area contributed by atoms with Crippen LogP contribution >= 0.6 is 0 Å². The van der Waals surface area contributed by atoms with Crippen LogP contribution in [0, 0.1) is 6.92 Å². The quantitative estimate of drug-likeness (QED) is 0.717. The zero-order valence-electron chi connectivity index (χ0n) is 13.7. The zero-order chi connectivity index (χ0) is 17.8. The first-order chi connectivity index (χ1) is 12.0. The molecule has 0 radical (unpaired) electrons. The van der Waals surface area contributed by atoms with Crippen molar-refractivity contribution in [2.24, 2.45) is 0 Å². The van der Waals surface area contributed by atoms with Gasteiger partial charge in [-0.2, -0.15) is 0 Å². The summed E-state index contributed by atoms with van der Waals surface area (Å²) >= 11 is 0. The molecule has 1 heterocycles. The van der Waals surface area contributed by atoms with E-state index < -0.39 is 12.0 Å². The Balaban J connectivity index is 1.75. The smallest absolute Gasteiger partial charge is 0.305 e. The molecule has 0 aliphatic carbocycles. The van der Waals surface area contributed by atoms with Gasteiger partial charge in [-0.05, 0) is 24.6 Å². The lowest BCUT2D eigenvalue weighted by Crippen LogP contribution is -2.33. The van der Waals surface area contributed by atoms with E-state index in [9.17, 15) is 9.59 Å². The number of benzene rings is 2. The maximum Gasteiger partial charge on any atom is 0.305 e. The minimum Gasteiger partial charge on any atom is -0.481 e. The van der Waals surface area contributed by atoms with Crippen LogP contribution in [-0.2, 0) is 16.1 Å². The number of nitrogens with zero attached hydrogens (tertiary/aromatic N) is 3. The van der Waals surface area contributed by atoms with Crippen LogP contribution < -0.4 is 5.32 Å². The maximum absolute atomic E-state index is 12.4. The van der Waals surface area contributed by atoms with E-state index in [2.05, 4.69) is 15.6 Å². The molecule has 128 valence electrons. The first kappa shape index (κ1) is 16.6. The summed E-state index contributed by atoms with van der Waals surface area (Å²) in [5.41, 5.74) is 3.28. The molecule has 7 nitrogen and oxygen atoms in total. The van der Waals surface area contributed by atoms with E-state index in [1.807, 2.05) is 55.5 Å². The SMILES string of the molecule is Cc1ccc([C@H](CC(=O)O)NC(=O)Cn2nnc3ccccc32)cc1. The summed E-state index contributed by atoms with van der Waals surface area (Å²) in [6.45, 7) is 1.92. The number of nitrogens with one attached hydrogen (secondary N) is 1. The Morgan fingerprint density at radius 2 is 1.88 bits per heavy atom. The lowest BCUT2D eigenvalue weighted by Gasteiger charge is -2.17. The summed E-state index contributed by atoms with van der Waals surface area (Å²) < 4.78 is 1.50. The molecule has 0 fully saturated rings. The number of amides is 1. The molecule has 1 aromatic heterocycles. The van der Waals surface area contributed by atoms with Crippen molar-refractivity contribution in [2.75, 3.05) is 0 Å². The summed E-state index contributed by atoms with van der Waals surface area (Å²) in [5, 5.41) is 19.9. The van der Waals surface area contributed by atoms with E-state index in [4.69, 9.17) is 5.11 Å². The monoisotopic (exact) mass is 338 g/mol. The van der Waals surface area contributed by atoms with Crippen LogP contribution in [0.5, 0.6) is 0 Å². The molecule has 0 unspecified atom stereocenters. The van der Waals surface area contributed by atoms with E-state index >= 15 is 0 Å². The average molecular weight is 338 g/mol. The molecule has 1 amide bonds. The highest BCUT2D eigenvalue weighted by atomic mass is 16.4. The fourth-order valence-electron chi connectivity index (χ4n) is 2.64. The van der Waals surface area contributed by atoms with Gasteiger partial charge >= 0.3 is 5.97 Å². The molecule has 0 spiro atoms. The Bertz CT molecular complexity index is 902. The third-order valence-electron chi connectivity index (χ3n) is 3.91. The van der Waals surface area contributed by atoms with Gasteiger partial charge in [0, 0.05) is 0 Å². The van der Waals surface area contributed by atoms with Crippen LogP contribution in [0.25, 0.3) is 11.0 Å². The summed E-state index contributed by atoms with van der Waals surface area (Å²) in [6, 6.07) is 14.2. The number of para-hydroxylation sites is 1. The Morgan fingerprint density at radius 3 is 2.60 bits per heavy atom. The molecular formula is C18H18N4O3. The van der Waals surface area contributed by atoms with Gasteiger partial charge in [0.15, 0.2) is 0 Å². The van der Waals surface area contributed by atoms with Crippen LogP contribution in [0.15, 0.2) is 48.5 Å². The lowest BCUT2D eigenvalue weighted by molar-refractivity contribution is -0.137. The van der Waals surface area contributed by atoms with Gasteiger partial charge < -0.3 is 10.4 Å². The molecule has 7 heteroatoms. The van der Waals surface area contributed by atoms with Gasteiger partial charge in [0.2, 0.25) is 5.91 Å². The third kappa shape index (κ3) is 4.00. The molecule has 1 atom stereocenters. The fraction of sp³-hybridized carbons (Fsp3) is 0.222. The number of aromatic nitrogens is 3. The first-order valence-corrected chi connectivity index (χ1v) is 7.89. The van der Waals surface area contributed by atoms with Gasteiger partial charge in [0.1, 0.15) is 12.1 Å². The summed E-state index contributed by atoms with van der Waals surface area (Å²) in [4.78, 5) is 23.5. The van der Waals surface area contributed by atoms with Crippen molar-refractivity contribution in [1.29, 1.82) is 0 Å². The van der Waals surface area contributed by atoms with Crippen LogP contribution in [-0.4, -0.2) is 32.0 Å². The van der Waals surface area contributed by atoms with E-state index in [0.29, 0.717) is 5.52 Å². The molecule has 0 aliphatic heterocycles. The van der Waals surface area contributed by atoms with Gasteiger partial charge in [0.25, 0.3) is 0 Å². The average Bonchev–Trinajstić information content (AvgIpc) is 2.98. The number of carbonyl (C=O) groups is 2. The second kappa shape index (κ2) is 7.12. The van der Waals surface area contributed by atoms with Crippen molar-refractivity contribution in [3.63, 3.8) is 0 Å². The number of hydrogen-bond acceptors (Lipinski definition) is 4. The van der Waals surface area contributed by atoms with E-state index in [1.54, 1.807) is 0 Å². The van der Waals surface area contributed by atoms with Gasteiger partial charge in [0.05, 0.1) is 18.0 Å². The maximum atomic E-state index is 12.4. The molecule has 0 bridgehead atoms. The van der Waals surface area contributed by atoms with Crippen molar-refractivity contribution >= 4 is 22.9 Å². The summed E-state index contributed by atoms with van der Waals surface area (Å²) in [6.07, 6.45) is -0.188. The van der Waals surface area contributed by atoms with Gasteiger partial charge in [-0.15, -0.1) is 5.10 Å². The zero-order valence-corrected chi connectivity index (χ0v) is 13.7. The molecule has 3 rings (SSSR count). The Hall–Kier alpha value is -3.22. The van der Waals surface area contributed by atoms with Crippen molar-refractivity contribution in [3.8, 4) is 0 Å². The number of hydrogen-bond donors (Lipinski definition) is 2. The highest BCUT2D eigenvalue weighted by Gasteiger charge is 2.19. The Kier molecular flexibility index (Phi) is 4.74. The number of carboxylic acid groups (broad SMARTS) is 1. The molecule has 0 saturated carbocycles. The van der Waals surface area contributed by atoms with Crippen molar-refractivity contribution in [3.05, 3.63) is 59.7 Å². The molecule has 2 N–H and O–H groups in total. The van der Waals surface area contributed by atoms with E-state index in [-0.39, 0.29) is 18.9 Å². The van der Waals surface area contributed by atoms with Gasteiger partial charge in [-0.3, -0.25) is 9.59 Å². The number of fused-ring (bicyclic) bond motifs is 1. The Morgan fingerprint density at radius 1 is 1.16 bits per heavy atom. The second-order valence-corrected chi connectivity index (χ2v) is 5.86. The van der Waals surface area contributed by atoms with Crippen LogP contribution in [0.4, 0.5) is 0 Å². The number of aryl methyl sites for hydroxylation is 1. The highest BCUT2D eigenvalue weighted by molar-refractivity contribution is 5.80. The van der Waals surface area contributed by atoms with Crippen molar-refractivity contribution in [2.45, 2.75) is 25.9 Å². The molecule has 25 heavy (non-hydrogen) atoms. The summed E-state index contributed by atoms with van der Waals surface area (Å²) in [5.74, 6) is -1.29. The molecule has 0 aliphatic rings. The van der Waals surface area contributed by atoms with Gasteiger partial charge in [-0.25, -0.2) is 4.68 Å². The number of carbonyl (C=O) groups excluding carboxylic acids is 1. The largest absolute Gasteiger partial charge is 0.481 e. The van der Waals surface area contributed by atoms with Crippen LogP contribution in [0.3, 0.4) is 0 Å². The standard InChI is InChI=1S/C18H18N4O3/c1-12-6-8-13(9-7-12)15(10-18(24)25)19-17(23)11-22-16-5-3-2-4-14(16)20-21-22/h2-9,15H,10-11H2,1H3,(H,19,23)(H,24,25)/t15-/m0/s1. The number of aliphatic carboxylic acids is 1. The number of rotatable bonds is 6. The van der Waals surface area contributed by atoms with E-state index in [1.165, 1.54) is 4.68 Å². The van der Waals surface area contributed by atoms with E-state index in [0.717, 1.165) is 16.6 Å². The fourth-order valence-corrected chi connectivity index (χ4v) is 2.64. The van der Waals surface area contributed by atoms with Crippen molar-refractivity contribution < 1.29 is 14.7 Å².